The first-order valence-electron chi connectivity index (χ1n) is 7.93. The molecule has 1 aliphatic rings. The van der Waals surface area contributed by atoms with Crippen LogP contribution in [0.15, 0.2) is 34.7 Å². The van der Waals surface area contributed by atoms with Crippen LogP contribution in [0.2, 0.25) is 0 Å². The van der Waals surface area contributed by atoms with Crippen molar-refractivity contribution in [2.45, 2.75) is 32.4 Å². The number of aliphatic hydroxyl groups is 1. The summed E-state index contributed by atoms with van der Waals surface area (Å²) in [7, 11) is 0. The van der Waals surface area contributed by atoms with Gasteiger partial charge in [-0.3, -0.25) is 0 Å². The van der Waals surface area contributed by atoms with Crippen LogP contribution in [0.4, 0.5) is 4.79 Å². The van der Waals surface area contributed by atoms with E-state index < -0.39 is 5.60 Å². The van der Waals surface area contributed by atoms with E-state index in [1.807, 2.05) is 31.2 Å². The number of nitrogens with one attached hydrogen (secondary N) is 2. The minimum absolute atomic E-state index is 0.0773. The quantitative estimate of drug-likeness (QED) is 0.804. The summed E-state index contributed by atoms with van der Waals surface area (Å²) >= 11 is 0. The second-order valence-corrected chi connectivity index (χ2v) is 6.33. The number of rotatable bonds is 4. The molecular weight excluding hydrogens is 308 g/mol. The molecule has 0 bridgehead atoms. The van der Waals surface area contributed by atoms with Gasteiger partial charge in [-0.05, 0) is 32.9 Å². The predicted molar refractivity (Wildman–Crippen MR) is 89.0 cm³/mol. The molecule has 0 fully saturated rings. The highest BCUT2D eigenvalue weighted by Crippen LogP contribution is 2.31. The Morgan fingerprint density at radius 3 is 2.83 bits per heavy atom. The maximum absolute atomic E-state index is 12.2. The number of ether oxygens (including phenoxy) is 1. The van der Waals surface area contributed by atoms with Gasteiger partial charge in [0.2, 0.25) is 0 Å². The van der Waals surface area contributed by atoms with Crippen LogP contribution < -0.4 is 15.4 Å². The number of furan rings is 1. The van der Waals surface area contributed by atoms with E-state index in [2.05, 4.69) is 10.6 Å². The molecule has 2 heterocycles. The number of hydrogen-bond acceptors (Lipinski definition) is 4. The topological polar surface area (TPSA) is 83.7 Å². The van der Waals surface area contributed by atoms with Gasteiger partial charge in [0.05, 0.1) is 12.6 Å². The largest absolute Gasteiger partial charge is 0.491 e. The van der Waals surface area contributed by atoms with Gasteiger partial charge in [0.25, 0.3) is 0 Å². The Labute approximate surface area is 140 Å². The Morgan fingerprint density at radius 1 is 1.38 bits per heavy atom. The third-order valence-corrected chi connectivity index (χ3v) is 4.22. The van der Waals surface area contributed by atoms with E-state index in [9.17, 15) is 9.90 Å². The first kappa shape index (κ1) is 16.4. The maximum Gasteiger partial charge on any atom is 0.315 e. The average molecular weight is 330 g/mol. The fraction of sp³-hybridized carbons (Fsp3) is 0.389. The molecule has 0 radical (unpaired) electrons. The molecule has 6 nitrogen and oxygen atoms in total. The molecule has 0 aliphatic carbocycles. The first-order valence-corrected chi connectivity index (χ1v) is 7.93. The summed E-state index contributed by atoms with van der Waals surface area (Å²) in [5.41, 5.74) is 0.430. The Balaban J connectivity index is 1.59. The van der Waals surface area contributed by atoms with Crippen LogP contribution in [0, 0.1) is 13.8 Å². The number of para-hydroxylation sites is 1. The number of urea groups is 1. The molecule has 1 aromatic carbocycles. The molecule has 0 saturated heterocycles. The lowest BCUT2D eigenvalue weighted by atomic mass is 9.96. The maximum atomic E-state index is 12.2. The van der Waals surface area contributed by atoms with Gasteiger partial charge in [0.1, 0.15) is 29.5 Å². The van der Waals surface area contributed by atoms with Crippen LogP contribution in [-0.2, 0) is 5.60 Å². The molecule has 0 saturated carbocycles. The van der Waals surface area contributed by atoms with Crippen LogP contribution in [0.1, 0.15) is 35.6 Å². The van der Waals surface area contributed by atoms with Crippen LogP contribution >= 0.6 is 0 Å². The third kappa shape index (κ3) is 3.23. The molecule has 2 aromatic rings. The fourth-order valence-electron chi connectivity index (χ4n) is 3.00. The molecule has 2 atom stereocenters. The van der Waals surface area contributed by atoms with Crippen molar-refractivity contribution in [1.29, 1.82) is 0 Å². The van der Waals surface area contributed by atoms with E-state index in [-0.39, 0.29) is 18.6 Å². The Hall–Kier alpha value is -2.47. The lowest BCUT2D eigenvalue weighted by molar-refractivity contribution is 0.0577. The molecule has 6 heteroatoms. The van der Waals surface area contributed by atoms with E-state index in [0.29, 0.717) is 17.9 Å². The molecule has 1 aliphatic heterocycles. The number of amides is 2. The first-order chi connectivity index (χ1) is 11.4. The predicted octanol–water partition coefficient (Wildman–Crippen LogP) is 2.54. The Bertz CT molecular complexity index is 751. The van der Waals surface area contributed by atoms with Gasteiger partial charge in [0.15, 0.2) is 0 Å². The van der Waals surface area contributed by atoms with E-state index in [0.717, 1.165) is 17.1 Å². The highest BCUT2D eigenvalue weighted by atomic mass is 16.5. The molecule has 2 amide bonds. The van der Waals surface area contributed by atoms with E-state index in [1.54, 1.807) is 19.9 Å². The second-order valence-electron chi connectivity index (χ2n) is 6.33. The summed E-state index contributed by atoms with van der Waals surface area (Å²) in [4.78, 5) is 12.2. The molecule has 3 rings (SSSR count). The molecule has 1 aromatic heterocycles. The van der Waals surface area contributed by atoms with Crippen LogP contribution in [0.5, 0.6) is 5.75 Å². The van der Waals surface area contributed by atoms with Gasteiger partial charge >= 0.3 is 6.03 Å². The van der Waals surface area contributed by atoms with E-state index in [1.165, 1.54) is 0 Å². The average Bonchev–Trinajstić information content (AvgIpc) is 3.09. The van der Waals surface area contributed by atoms with Crippen molar-refractivity contribution < 1.29 is 19.1 Å². The highest BCUT2D eigenvalue weighted by molar-refractivity contribution is 5.75. The highest BCUT2D eigenvalue weighted by Gasteiger charge is 2.29. The number of hydrogen-bond donors (Lipinski definition) is 3. The summed E-state index contributed by atoms with van der Waals surface area (Å²) in [5.74, 6) is 2.17. The van der Waals surface area contributed by atoms with Crippen LogP contribution in [0.3, 0.4) is 0 Å². The molecule has 3 N–H and O–H groups in total. The zero-order chi connectivity index (χ0) is 17.3. The van der Waals surface area contributed by atoms with Crippen LogP contribution in [-0.4, -0.2) is 24.3 Å². The van der Waals surface area contributed by atoms with Crippen molar-refractivity contribution in [3.63, 3.8) is 0 Å². The second kappa shape index (κ2) is 6.20. The summed E-state index contributed by atoms with van der Waals surface area (Å²) in [6.07, 6.45) is 0. The van der Waals surface area contributed by atoms with Crippen molar-refractivity contribution in [2.75, 3.05) is 13.2 Å². The van der Waals surface area contributed by atoms with Crippen molar-refractivity contribution >= 4 is 6.03 Å². The Kier molecular flexibility index (Phi) is 4.24. The zero-order valence-corrected chi connectivity index (χ0v) is 14.1. The van der Waals surface area contributed by atoms with Crippen LogP contribution in [0.25, 0.3) is 0 Å². The van der Waals surface area contributed by atoms with Gasteiger partial charge in [-0.25, -0.2) is 4.79 Å². The van der Waals surface area contributed by atoms with Gasteiger partial charge in [0, 0.05) is 11.1 Å². The lowest BCUT2D eigenvalue weighted by Crippen LogP contribution is -2.44. The Morgan fingerprint density at radius 2 is 2.12 bits per heavy atom. The number of carbonyl (C=O) groups excluding carboxylic acids is 1. The van der Waals surface area contributed by atoms with Crippen molar-refractivity contribution in [1.82, 2.24) is 10.6 Å². The fourth-order valence-corrected chi connectivity index (χ4v) is 3.00. The van der Waals surface area contributed by atoms with Gasteiger partial charge < -0.3 is 24.9 Å². The van der Waals surface area contributed by atoms with Crippen molar-refractivity contribution in [3.8, 4) is 5.75 Å². The summed E-state index contributed by atoms with van der Waals surface area (Å²) in [6, 6.07) is 8.87. The number of benzene rings is 1. The van der Waals surface area contributed by atoms with Gasteiger partial charge in [-0.1, -0.05) is 18.2 Å². The van der Waals surface area contributed by atoms with E-state index in [4.69, 9.17) is 9.15 Å². The van der Waals surface area contributed by atoms with Gasteiger partial charge in [-0.15, -0.1) is 0 Å². The minimum atomic E-state index is -1.21. The minimum Gasteiger partial charge on any atom is -0.491 e. The third-order valence-electron chi connectivity index (χ3n) is 4.22. The van der Waals surface area contributed by atoms with Gasteiger partial charge in [-0.2, -0.15) is 0 Å². The molecular formula is C18H22N2O4. The normalized spacial score (nSPS) is 18.4. The number of carbonyl (C=O) groups is 1. The zero-order valence-electron chi connectivity index (χ0n) is 14.1. The number of fused-ring (bicyclic) bond motifs is 1. The molecule has 24 heavy (non-hydrogen) atoms. The van der Waals surface area contributed by atoms with Crippen molar-refractivity contribution in [3.05, 3.63) is 53.0 Å². The standard InChI is InChI=1S/C18H22N2O4/c1-11-8-14(12(2)24-11)18(3,22)10-19-17(21)20-15-9-23-16-7-5-4-6-13(15)16/h4-8,15,22H,9-10H2,1-3H3,(H2,19,20,21)/t15-,18+/m0/s1. The van der Waals surface area contributed by atoms with E-state index >= 15 is 0 Å². The number of aryl methyl sites for hydroxylation is 2. The van der Waals surface area contributed by atoms with Crippen molar-refractivity contribution in [2.24, 2.45) is 0 Å². The molecule has 128 valence electrons. The molecule has 0 unspecified atom stereocenters. The monoisotopic (exact) mass is 330 g/mol. The molecule has 0 spiro atoms. The summed E-state index contributed by atoms with van der Waals surface area (Å²) in [5, 5.41) is 16.2. The SMILES string of the molecule is Cc1cc([C@](C)(O)CNC(=O)N[C@H]2COc3ccccc32)c(C)o1. The summed E-state index contributed by atoms with van der Waals surface area (Å²) < 4.78 is 11.0. The smallest absolute Gasteiger partial charge is 0.315 e. The lowest BCUT2D eigenvalue weighted by Gasteiger charge is -2.24. The summed E-state index contributed by atoms with van der Waals surface area (Å²) in [6.45, 7) is 5.75.